The predicted octanol–water partition coefficient (Wildman–Crippen LogP) is 4.45. The highest BCUT2D eigenvalue weighted by molar-refractivity contribution is 6.53. The zero-order valence-electron chi connectivity index (χ0n) is 12.7. The molecule has 2 aliphatic rings. The summed E-state index contributed by atoms with van der Waals surface area (Å²) >= 11 is 0. The Labute approximate surface area is 125 Å². The summed E-state index contributed by atoms with van der Waals surface area (Å²) < 4.78 is 89.7. The van der Waals surface area contributed by atoms with Crippen LogP contribution < -0.4 is 0 Å². The lowest BCUT2D eigenvalue weighted by Gasteiger charge is -2.37. The molecular weight excluding hydrogens is 313 g/mol. The van der Waals surface area contributed by atoms with Crippen LogP contribution in [0.2, 0.25) is 0 Å². The van der Waals surface area contributed by atoms with E-state index in [9.17, 15) is 26.3 Å². The molecule has 0 radical (unpaired) electrons. The first-order valence-electron chi connectivity index (χ1n) is 6.86. The van der Waals surface area contributed by atoms with Gasteiger partial charge in [-0.05, 0) is 27.7 Å². The first-order valence-corrected chi connectivity index (χ1v) is 6.86. The zero-order chi connectivity index (χ0) is 17.1. The van der Waals surface area contributed by atoms with Gasteiger partial charge in [0.05, 0.1) is 16.8 Å². The smallest absolute Gasteiger partial charge is 0.398 e. The minimum Gasteiger partial charge on any atom is -0.398 e. The predicted molar refractivity (Wildman–Crippen MR) is 67.9 cm³/mol. The lowest BCUT2D eigenvalue weighted by atomic mass is 9.71. The van der Waals surface area contributed by atoms with Crippen molar-refractivity contribution < 1.29 is 35.7 Å². The summed E-state index contributed by atoms with van der Waals surface area (Å²) in [5, 5.41) is 0. The van der Waals surface area contributed by atoms with Crippen molar-refractivity contribution in [3.05, 3.63) is 11.3 Å². The van der Waals surface area contributed by atoms with Crippen LogP contribution in [0.25, 0.3) is 0 Å². The molecule has 2 rings (SSSR count). The van der Waals surface area contributed by atoms with Crippen LogP contribution in [0.4, 0.5) is 26.3 Å². The van der Waals surface area contributed by atoms with Crippen molar-refractivity contribution in [3.63, 3.8) is 0 Å². The highest BCUT2D eigenvalue weighted by Crippen LogP contribution is 2.52. The highest BCUT2D eigenvalue weighted by atomic mass is 19.4. The molecule has 9 heteroatoms. The van der Waals surface area contributed by atoms with E-state index < -0.39 is 60.5 Å². The number of alkyl halides is 5. The Kier molecular flexibility index (Phi) is 3.93. The topological polar surface area (TPSA) is 18.5 Å². The summed E-state index contributed by atoms with van der Waals surface area (Å²) in [7, 11) is -1.84. The van der Waals surface area contributed by atoms with E-state index in [0.717, 1.165) is 0 Å². The van der Waals surface area contributed by atoms with Gasteiger partial charge in [-0.15, -0.1) is 0 Å². The molecule has 126 valence electrons. The largest absolute Gasteiger partial charge is 0.525 e. The minimum absolute atomic E-state index is 1.02. The summed E-state index contributed by atoms with van der Waals surface area (Å²) in [6.07, 6.45) is -7.08. The van der Waals surface area contributed by atoms with E-state index in [0.29, 0.717) is 0 Å². The Hall–Kier alpha value is -0.695. The summed E-state index contributed by atoms with van der Waals surface area (Å²) in [5.41, 5.74) is -5.30. The second-order valence-corrected chi connectivity index (χ2v) is 6.81. The zero-order valence-corrected chi connectivity index (χ0v) is 12.7. The van der Waals surface area contributed by atoms with Gasteiger partial charge in [0.15, 0.2) is 0 Å². The SMILES string of the molecule is CC1(C)OB(C(F)=C(C2CC(F)(F)C2)C(F)(F)F)OC1(C)C. The van der Waals surface area contributed by atoms with E-state index in [4.69, 9.17) is 9.31 Å². The van der Waals surface area contributed by atoms with Gasteiger partial charge in [0, 0.05) is 18.8 Å². The van der Waals surface area contributed by atoms with Crippen LogP contribution in [0.5, 0.6) is 0 Å². The first-order chi connectivity index (χ1) is 9.66. The second kappa shape index (κ2) is 4.90. The average molecular weight is 330 g/mol. The molecule has 0 unspecified atom stereocenters. The Morgan fingerprint density at radius 3 is 1.73 bits per heavy atom. The monoisotopic (exact) mass is 330 g/mol. The molecule has 1 heterocycles. The van der Waals surface area contributed by atoms with Crippen LogP contribution >= 0.6 is 0 Å². The lowest BCUT2D eigenvalue weighted by Crippen LogP contribution is -2.41. The van der Waals surface area contributed by atoms with Gasteiger partial charge in [-0.1, -0.05) is 0 Å². The van der Waals surface area contributed by atoms with Gasteiger partial charge in [0.1, 0.15) is 5.73 Å². The average Bonchev–Trinajstić information content (AvgIpc) is 2.43. The van der Waals surface area contributed by atoms with Gasteiger partial charge >= 0.3 is 13.3 Å². The minimum atomic E-state index is -5.05. The van der Waals surface area contributed by atoms with Gasteiger partial charge < -0.3 is 9.31 Å². The maximum Gasteiger partial charge on any atom is 0.525 e. The van der Waals surface area contributed by atoms with Crippen molar-refractivity contribution >= 4 is 7.12 Å². The Morgan fingerprint density at radius 2 is 1.41 bits per heavy atom. The second-order valence-electron chi connectivity index (χ2n) is 6.81. The Balaban J connectivity index is 2.32. The molecule has 0 aromatic carbocycles. The molecule has 0 N–H and O–H groups in total. The van der Waals surface area contributed by atoms with Crippen molar-refractivity contribution in [2.45, 2.75) is 63.8 Å². The summed E-state index contributed by atoms with van der Waals surface area (Å²) in [5.74, 6) is -4.76. The van der Waals surface area contributed by atoms with Crippen LogP contribution in [0.3, 0.4) is 0 Å². The molecule has 0 spiro atoms. The molecule has 0 aromatic heterocycles. The molecule has 1 aliphatic carbocycles. The fraction of sp³-hybridized carbons (Fsp3) is 0.846. The van der Waals surface area contributed by atoms with Crippen LogP contribution in [-0.2, 0) is 9.31 Å². The molecule has 1 saturated heterocycles. The number of allylic oxidation sites excluding steroid dienone is 1. The maximum atomic E-state index is 14.3. The van der Waals surface area contributed by atoms with E-state index in [-0.39, 0.29) is 0 Å². The number of halogens is 6. The molecule has 1 aliphatic heterocycles. The summed E-state index contributed by atoms with van der Waals surface area (Å²) in [6.45, 7) is 6.24. The van der Waals surface area contributed by atoms with Crippen LogP contribution in [-0.4, -0.2) is 30.4 Å². The van der Waals surface area contributed by atoms with E-state index >= 15 is 0 Å². The first kappa shape index (κ1) is 17.7. The molecule has 0 bridgehead atoms. The molecule has 0 amide bonds. The number of hydrogen-bond acceptors (Lipinski definition) is 2. The molecule has 1 saturated carbocycles. The molecule has 2 fully saturated rings. The molecule has 0 aromatic rings. The third-order valence-electron chi connectivity index (χ3n) is 4.52. The highest BCUT2D eigenvalue weighted by Gasteiger charge is 2.59. The van der Waals surface area contributed by atoms with Crippen LogP contribution in [0.1, 0.15) is 40.5 Å². The fourth-order valence-corrected chi connectivity index (χ4v) is 2.50. The summed E-state index contributed by atoms with van der Waals surface area (Å²) in [4.78, 5) is 0. The third kappa shape index (κ3) is 3.02. The molecule has 0 atom stereocenters. The van der Waals surface area contributed by atoms with Crippen molar-refractivity contribution in [2.24, 2.45) is 5.92 Å². The molecular formula is C13H17BF6O2. The lowest BCUT2D eigenvalue weighted by molar-refractivity contribution is -0.142. The summed E-state index contributed by atoms with van der Waals surface area (Å²) in [6, 6.07) is 0. The van der Waals surface area contributed by atoms with E-state index in [1.54, 1.807) is 27.7 Å². The van der Waals surface area contributed by atoms with Gasteiger partial charge in [0.2, 0.25) is 5.92 Å². The normalized spacial score (nSPS) is 28.4. The molecule has 2 nitrogen and oxygen atoms in total. The van der Waals surface area contributed by atoms with Crippen LogP contribution in [0.15, 0.2) is 11.3 Å². The van der Waals surface area contributed by atoms with Gasteiger partial charge in [-0.2, -0.15) is 13.2 Å². The van der Waals surface area contributed by atoms with E-state index in [1.807, 2.05) is 0 Å². The Bertz CT molecular complexity index is 473. The van der Waals surface area contributed by atoms with Gasteiger partial charge in [-0.25, -0.2) is 13.2 Å². The van der Waals surface area contributed by atoms with Crippen molar-refractivity contribution in [2.75, 3.05) is 0 Å². The van der Waals surface area contributed by atoms with E-state index in [2.05, 4.69) is 0 Å². The standard InChI is InChI=1S/C13H17BF6O2/c1-10(2)11(3,4)22-14(21-10)9(15)8(13(18,19)20)7-5-12(16,17)6-7/h7H,5-6H2,1-4H3. The van der Waals surface area contributed by atoms with Crippen molar-refractivity contribution in [1.82, 2.24) is 0 Å². The van der Waals surface area contributed by atoms with Gasteiger partial charge in [-0.3, -0.25) is 0 Å². The number of hydrogen-bond donors (Lipinski definition) is 0. The quantitative estimate of drug-likeness (QED) is 0.550. The van der Waals surface area contributed by atoms with Gasteiger partial charge in [0.25, 0.3) is 0 Å². The number of rotatable bonds is 2. The fourth-order valence-electron chi connectivity index (χ4n) is 2.50. The van der Waals surface area contributed by atoms with Crippen LogP contribution in [0, 0.1) is 5.92 Å². The van der Waals surface area contributed by atoms with Crippen molar-refractivity contribution in [1.29, 1.82) is 0 Å². The molecule has 22 heavy (non-hydrogen) atoms. The van der Waals surface area contributed by atoms with E-state index in [1.165, 1.54) is 0 Å². The third-order valence-corrected chi connectivity index (χ3v) is 4.52. The maximum absolute atomic E-state index is 14.3. The Morgan fingerprint density at radius 1 is 1.00 bits per heavy atom. The van der Waals surface area contributed by atoms with Crippen molar-refractivity contribution in [3.8, 4) is 0 Å².